The van der Waals surface area contributed by atoms with Crippen molar-refractivity contribution in [3.8, 4) is 0 Å². The summed E-state index contributed by atoms with van der Waals surface area (Å²) in [4.78, 5) is 26.3. The quantitative estimate of drug-likeness (QED) is 0.778. The number of amides is 3. The molecular formula is C15H22N4O2. The fraction of sp³-hybridized carbons (Fsp3) is 0.467. The van der Waals surface area contributed by atoms with Crippen LogP contribution in [0.4, 0.5) is 10.5 Å². The van der Waals surface area contributed by atoms with E-state index in [0.29, 0.717) is 18.8 Å². The highest BCUT2D eigenvalue weighted by atomic mass is 16.2. The van der Waals surface area contributed by atoms with E-state index in [4.69, 9.17) is 0 Å². The lowest BCUT2D eigenvalue weighted by Gasteiger charge is -2.35. The van der Waals surface area contributed by atoms with Crippen LogP contribution in [0.3, 0.4) is 0 Å². The largest absolute Gasteiger partial charge is 0.338 e. The summed E-state index contributed by atoms with van der Waals surface area (Å²) >= 11 is 0. The van der Waals surface area contributed by atoms with E-state index >= 15 is 0 Å². The summed E-state index contributed by atoms with van der Waals surface area (Å²) in [5.74, 6) is -0.0628. The molecule has 0 aromatic heterocycles. The maximum absolute atomic E-state index is 12.5. The first-order chi connectivity index (χ1) is 9.99. The Labute approximate surface area is 124 Å². The van der Waals surface area contributed by atoms with Gasteiger partial charge in [0.2, 0.25) is 5.91 Å². The van der Waals surface area contributed by atoms with Gasteiger partial charge < -0.3 is 20.9 Å². The van der Waals surface area contributed by atoms with Gasteiger partial charge in [0.25, 0.3) is 0 Å². The van der Waals surface area contributed by atoms with Crippen LogP contribution in [0.5, 0.6) is 0 Å². The minimum atomic E-state index is -0.934. The lowest BCUT2D eigenvalue weighted by Crippen LogP contribution is -2.59. The number of para-hydroxylation sites is 1. The molecule has 6 heteroatoms. The number of rotatable bonds is 3. The number of anilines is 1. The molecule has 0 aliphatic carbocycles. The molecule has 1 aromatic rings. The topological polar surface area (TPSA) is 73.5 Å². The first kappa shape index (κ1) is 15.3. The number of nitrogens with one attached hydrogen (secondary N) is 3. The predicted molar refractivity (Wildman–Crippen MR) is 82.1 cm³/mol. The third-order valence-corrected chi connectivity index (χ3v) is 3.40. The van der Waals surface area contributed by atoms with Gasteiger partial charge in [0.1, 0.15) is 5.54 Å². The molecule has 1 aliphatic rings. The van der Waals surface area contributed by atoms with E-state index < -0.39 is 5.54 Å². The van der Waals surface area contributed by atoms with Crippen molar-refractivity contribution >= 4 is 17.6 Å². The van der Waals surface area contributed by atoms with Gasteiger partial charge in [-0.25, -0.2) is 4.79 Å². The Hall–Kier alpha value is -2.08. The summed E-state index contributed by atoms with van der Waals surface area (Å²) in [6.07, 6.45) is 0. The van der Waals surface area contributed by atoms with Crippen LogP contribution >= 0.6 is 0 Å². The van der Waals surface area contributed by atoms with Crippen molar-refractivity contribution in [1.29, 1.82) is 0 Å². The Morgan fingerprint density at radius 2 is 1.76 bits per heavy atom. The smallest absolute Gasteiger partial charge is 0.320 e. The van der Waals surface area contributed by atoms with Crippen molar-refractivity contribution in [3.05, 3.63) is 30.3 Å². The second-order valence-corrected chi connectivity index (χ2v) is 5.61. The second kappa shape index (κ2) is 6.58. The summed E-state index contributed by atoms with van der Waals surface area (Å²) in [6, 6.07) is 8.77. The van der Waals surface area contributed by atoms with Gasteiger partial charge in [-0.1, -0.05) is 18.2 Å². The van der Waals surface area contributed by atoms with Gasteiger partial charge in [0.05, 0.1) is 0 Å². The molecule has 0 bridgehead atoms. The zero-order chi connectivity index (χ0) is 15.3. The maximum Gasteiger partial charge on any atom is 0.320 e. The van der Waals surface area contributed by atoms with E-state index in [1.54, 1.807) is 30.9 Å². The van der Waals surface area contributed by atoms with Gasteiger partial charge in [-0.15, -0.1) is 0 Å². The highest BCUT2D eigenvalue weighted by Crippen LogP contribution is 2.11. The van der Waals surface area contributed by atoms with Gasteiger partial charge in [0.15, 0.2) is 0 Å². The SMILES string of the molecule is CC(C)(NC(=O)Nc1ccccc1)C(=O)N1CCNCC1. The van der Waals surface area contributed by atoms with Crippen molar-refractivity contribution < 1.29 is 9.59 Å². The highest BCUT2D eigenvalue weighted by Gasteiger charge is 2.34. The van der Waals surface area contributed by atoms with Crippen LogP contribution < -0.4 is 16.0 Å². The number of piperazine rings is 1. The van der Waals surface area contributed by atoms with Crippen molar-refractivity contribution in [2.75, 3.05) is 31.5 Å². The number of carbonyl (C=O) groups is 2. The van der Waals surface area contributed by atoms with E-state index in [1.807, 2.05) is 18.2 Å². The van der Waals surface area contributed by atoms with Crippen molar-refractivity contribution in [2.45, 2.75) is 19.4 Å². The molecule has 0 spiro atoms. The molecule has 2 rings (SSSR count). The van der Waals surface area contributed by atoms with Crippen LogP contribution in [0.25, 0.3) is 0 Å². The lowest BCUT2D eigenvalue weighted by molar-refractivity contribution is -0.137. The zero-order valence-corrected chi connectivity index (χ0v) is 12.5. The molecule has 1 saturated heterocycles. The Morgan fingerprint density at radius 3 is 2.38 bits per heavy atom. The Morgan fingerprint density at radius 1 is 1.14 bits per heavy atom. The van der Waals surface area contributed by atoms with Gasteiger partial charge in [-0.05, 0) is 26.0 Å². The Bertz CT molecular complexity index is 496. The molecule has 0 unspecified atom stereocenters. The summed E-state index contributed by atoms with van der Waals surface area (Å²) < 4.78 is 0. The molecule has 1 aromatic carbocycles. The molecule has 0 atom stereocenters. The molecule has 6 nitrogen and oxygen atoms in total. The standard InChI is InChI=1S/C15H22N4O2/c1-15(2,13(20)19-10-8-16-9-11-19)18-14(21)17-12-6-4-3-5-7-12/h3-7,16H,8-11H2,1-2H3,(H2,17,18,21). The monoisotopic (exact) mass is 290 g/mol. The molecule has 114 valence electrons. The average molecular weight is 290 g/mol. The molecule has 0 radical (unpaired) electrons. The number of urea groups is 1. The van der Waals surface area contributed by atoms with E-state index in [1.165, 1.54) is 0 Å². The third kappa shape index (κ3) is 4.19. The van der Waals surface area contributed by atoms with Crippen molar-refractivity contribution in [3.63, 3.8) is 0 Å². The fourth-order valence-electron chi connectivity index (χ4n) is 2.28. The molecule has 1 heterocycles. The molecule has 0 saturated carbocycles. The summed E-state index contributed by atoms with van der Waals surface area (Å²) in [7, 11) is 0. The van der Waals surface area contributed by atoms with E-state index in [9.17, 15) is 9.59 Å². The molecule has 3 N–H and O–H groups in total. The minimum absolute atomic E-state index is 0.0628. The fourth-order valence-corrected chi connectivity index (χ4v) is 2.28. The number of nitrogens with zero attached hydrogens (tertiary/aromatic N) is 1. The highest BCUT2D eigenvalue weighted by molar-refractivity contribution is 5.95. The van der Waals surface area contributed by atoms with Gasteiger partial charge >= 0.3 is 6.03 Å². The summed E-state index contributed by atoms with van der Waals surface area (Å²) in [5, 5.41) is 8.66. The van der Waals surface area contributed by atoms with Crippen LogP contribution in [-0.2, 0) is 4.79 Å². The van der Waals surface area contributed by atoms with E-state index in [2.05, 4.69) is 16.0 Å². The zero-order valence-electron chi connectivity index (χ0n) is 12.5. The van der Waals surface area contributed by atoms with E-state index in [-0.39, 0.29) is 11.9 Å². The number of carbonyl (C=O) groups excluding carboxylic acids is 2. The van der Waals surface area contributed by atoms with Crippen LogP contribution in [0, 0.1) is 0 Å². The molecular weight excluding hydrogens is 268 g/mol. The number of hydrogen-bond donors (Lipinski definition) is 3. The number of hydrogen-bond acceptors (Lipinski definition) is 3. The maximum atomic E-state index is 12.5. The van der Waals surface area contributed by atoms with Gasteiger partial charge in [0, 0.05) is 31.9 Å². The van der Waals surface area contributed by atoms with Crippen LogP contribution in [0.2, 0.25) is 0 Å². The average Bonchev–Trinajstić information content (AvgIpc) is 2.47. The molecule has 3 amide bonds. The van der Waals surface area contributed by atoms with Gasteiger partial charge in [-0.2, -0.15) is 0 Å². The van der Waals surface area contributed by atoms with E-state index in [0.717, 1.165) is 13.1 Å². The van der Waals surface area contributed by atoms with Gasteiger partial charge in [-0.3, -0.25) is 4.79 Å². The molecule has 1 fully saturated rings. The second-order valence-electron chi connectivity index (χ2n) is 5.61. The number of benzene rings is 1. The predicted octanol–water partition coefficient (Wildman–Crippen LogP) is 1.02. The summed E-state index contributed by atoms with van der Waals surface area (Å²) in [6.45, 7) is 6.37. The van der Waals surface area contributed by atoms with Crippen molar-refractivity contribution in [2.24, 2.45) is 0 Å². The summed E-state index contributed by atoms with van der Waals surface area (Å²) in [5.41, 5.74) is -0.239. The first-order valence-electron chi connectivity index (χ1n) is 7.13. The molecule has 1 aliphatic heterocycles. The lowest BCUT2D eigenvalue weighted by atomic mass is 10.0. The third-order valence-electron chi connectivity index (χ3n) is 3.40. The first-order valence-corrected chi connectivity index (χ1v) is 7.13. The Kier molecular flexibility index (Phi) is 4.80. The normalized spacial score (nSPS) is 15.4. The minimum Gasteiger partial charge on any atom is -0.338 e. The van der Waals surface area contributed by atoms with Crippen LogP contribution in [0.1, 0.15) is 13.8 Å². The molecule has 21 heavy (non-hydrogen) atoms. The van der Waals surface area contributed by atoms with Crippen LogP contribution in [0.15, 0.2) is 30.3 Å². The van der Waals surface area contributed by atoms with Crippen molar-refractivity contribution in [1.82, 2.24) is 15.5 Å². The Balaban J connectivity index is 1.93. The van der Waals surface area contributed by atoms with Crippen LogP contribution in [-0.4, -0.2) is 48.6 Å².